The Morgan fingerprint density at radius 3 is 1.83 bits per heavy atom. The van der Waals surface area contributed by atoms with Crippen LogP contribution in [0.4, 0.5) is 0 Å². The molecule has 0 spiro atoms. The van der Waals surface area contributed by atoms with Gasteiger partial charge in [0.1, 0.15) is 6.61 Å². The molecular formula is C26H51NO2. The second-order valence-corrected chi connectivity index (χ2v) is 10.3. The summed E-state index contributed by atoms with van der Waals surface area (Å²) in [5.74, 6) is 3.84. The van der Waals surface area contributed by atoms with E-state index < -0.39 is 0 Å². The molecule has 1 unspecified atom stereocenters. The topological polar surface area (TPSA) is 40.5 Å². The van der Waals surface area contributed by atoms with E-state index in [4.69, 9.17) is 5.11 Å². The highest BCUT2D eigenvalue weighted by Gasteiger charge is 2.26. The van der Waals surface area contributed by atoms with Crippen molar-refractivity contribution in [1.29, 1.82) is 0 Å². The van der Waals surface area contributed by atoms with Gasteiger partial charge in [0.25, 0.3) is 0 Å². The highest BCUT2D eigenvalue weighted by atomic mass is 16.3. The predicted octanol–water partition coefficient (Wildman–Crippen LogP) is 6.48. The molecule has 29 heavy (non-hydrogen) atoms. The van der Waals surface area contributed by atoms with E-state index in [2.05, 4.69) is 32.6 Å². The van der Waals surface area contributed by atoms with Crippen LogP contribution in [0.3, 0.4) is 0 Å². The van der Waals surface area contributed by atoms with Gasteiger partial charge in [0.2, 0.25) is 0 Å². The van der Waals surface area contributed by atoms with E-state index in [9.17, 15) is 4.79 Å². The molecule has 3 rings (SSSR count). The summed E-state index contributed by atoms with van der Waals surface area (Å²) in [6.07, 6.45) is 17.6. The van der Waals surface area contributed by atoms with Crippen molar-refractivity contribution in [1.82, 2.24) is 4.90 Å². The summed E-state index contributed by atoms with van der Waals surface area (Å²) in [7, 11) is 0. The number of hydrogen-bond donors (Lipinski definition) is 1. The minimum Gasteiger partial charge on any atom is -0.389 e. The molecule has 3 aliphatic rings. The largest absolute Gasteiger partial charge is 0.389 e. The summed E-state index contributed by atoms with van der Waals surface area (Å²) in [4.78, 5) is 12.3. The average Bonchev–Trinajstić information content (AvgIpc) is 2.76. The first-order chi connectivity index (χ1) is 13.9. The number of aliphatic hydroxyl groups is 1. The van der Waals surface area contributed by atoms with Crippen LogP contribution in [0.25, 0.3) is 0 Å². The first kappa shape index (κ1) is 26.6. The Bertz CT molecular complexity index is 383. The Labute approximate surface area is 182 Å². The molecule has 0 amide bonds. The van der Waals surface area contributed by atoms with Crippen molar-refractivity contribution >= 4 is 5.78 Å². The first-order valence-corrected chi connectivity index (χ1v) is 12.7. The van der Waals surface area contributed by atoms with Crippen molar-refractivity contribution in [2.75, 3.05) is 19.7 Å². The van der Waals surface area contributed by atoms with Gasteiger partial charge in [-0.2, -0.15) is 0 Å². The van der Waals surface area contributed by atoms with E-state index >= 15 is 0 Å². The van der Waals surface area contributed by atoms with Crippen LogP contribution in [0.15, 0.2) is 0 Å². The van der Waals surface area contributed by atoms with E-state index in [-0.39, 0.29) is 12.4 Å². The molecule has 3 fully saturated rings. The van der Waals surface area contributed by atoms with Crippen LogP contribution in [0.2, 0.25) is 0 Å². The zero-order chi connectivity index (χ0) is 21.6. The third-order valence-corrected chi connectivity index (χ3v) is 7.64. The van der Waals surface area contributed by atoms with E-state index in [1.807, 2.05) is 0 Å². The van der Waals surface area contributed by atoms with Crippen molar-refractivity contribution in [2.45, 2.75) is 118 Å². The number of Topliss-reactive ketones (excluding diaryl/α,β-unsaturated/α-hetero) is 1. The maximum absolute atomic E-state index is 9.56. The van der Waals surface area contributed by atoms with Gasteiger partial charge in [-0.1, -0.05) is 66.2 Å². The first-order valence-electron chi connectivity index (χ1n) is 12.7. The summed E-state index contributed by atoms with van der Waals surface area (Å²) in [5, 5.41) is 7.79. The minimum absolute atomic E-state index is 0.190. The number of aliphatic hydroxyl groups excluding tert-OH is 1. The minimum atomic E-state index is -0.333. The number of carbonyl (C=O) groups excluding carboxylic acids is 1. The van der Waals surface area contributed by atoms with Crippen LogP contribution < -0.4 is 0 Å². The number of hydrogen-bond acceptors (Lipinski definition) is 3. The quantitative estimate of drug-likeness (QED) is 0.578. The number of carbonyl (C=O) groups is 1. The summed E-state index contributed by atoms with van der Waals surface area (Å²) in [6, 6.07) is 0.943. The smallest absolute Gasteiger partial charge is 0.155 e. The van der Waals surface area contributed by atoms with Crippen molar-refractivity contribution < 1.29 is 9.90 Å². The molecule has 1 heterocycles. The van der Waals surface area contributed by atoms with Gasteiger partial charge in [-0.3, -0.25) is 4.79 Å². The highest BCUT2D eigenvalue weighted by Crippen LogP contribution is 2.31. The Balaban J connectivity index is 0.000000245. The molecule has 0 aromatic rings. The zero-order valence-electron chi connectivity index (χ0n) is 20.3. The molecule has 0 bridgehead atoms. The number of ketones is 1. The Morgan fingerprint density at radius 2 is 1.38 bits per heavy atom. The van der Waals surface area contributed by atoms with Gasteiger partial charge in [0, 0.05) is 6.04 Å². The summed E-state index contributed by atoms with van der Waals surface area (Å²) in [6.45, 7) is 13.3. The highest BCUT2D eigenvalue weighted by molar-refractivity contribution is 5.76. The molecule has 1 saturated heterocycles. The molecular weight excluding hydrogens is 358 g/mol. The van der Waals surface area contributed by atoms with Crippen molar-refractivity contribution in [3.63, 3.8) is 0 Å². The second kappa shape index (κ2) is 15.4. The standard InChI is InChI=1S/C13H25N.C10H20.C3H6O2/c1-11-3-5-13(6-4-11)14-9-7-12(2)8-10-14;1-3-9(2)10-7-5-4-6-8-10;1-3(5)2-4/h11-13H,3-10H2,1-2H3;9-10H,3-8H2,1-2H3;4H,2H2,1H3. The maximum Gasteiger partial charge on any atom is 0.155 e. The molecule has 0 aromatic carbocycles. The van der Waals surface area contributed by atoms with E-state index in [0.717, 1.165) is 29.7 Å². The van der Waals surface area contributed by atoms with Crippen molar-refractivity contribution in [2.24, 2.45) is 23.7 Å². The molecule has 2 saturated carbocycles. The van der Waals surface area contributed by atoms with Crippen molar-refractivity contribution in [3.8, 4) is 0 Å². The van der Waals surface area contributed by atoms with Crippen LogP contribution >= 0.6 is 0 Å². The predicted molar refractivity (Wildman–Crippen MR) is 125 cm³/mol. The lowest BCUT2D eigenvalue weighted by Crippen LogP contribution is -2.42. The fraction of sp³-hybridized carbons (Fsp3) is 0.962. The van der Waals surface area contributed by atoms with Crippen LogP contribution in [-0.2, 0) is 4.79 Å². The maximum atomic E-state index is 9.56. The SMILES string of the molecule is CC(=O)CO.CC1CCC(N2CCC(C)CC2)CC1.CCC(C)C1CCCCC1. The van der Waals surface area contributed by atoms with Gasteiger partial charge < -0.3 is 10.0 Å². The van der Waals surface area contributed by atoms with Gasteiger partial charge >= 0.3 is 0 Å². The third-order valence-electron chi connectivity index (χ3n) is 7.64. The van der Waals surface area contributed by atoms with E-state index in [1.54, 1.807) is 0 Å². The molecule has 1 atom stereocenters. The molecule has 3 heteroatoms. The van der Waals surface area contributed by atoms with Crippen LogP contribution in [0, 0.1) is 23.7 Å². The fourth-order valence-electron chi connectivity index (χ4n) is 5.04. The monoisotopic (exact) mass is 409 g/mol. The van der Waals surface area contributed by atoms with E-state index in [0.29, 0.717) is 0 Å². The molecule has 0 aromatic heterocycles. The average molecular weight is 410 g/mol. The van der Waals surface area contributed by atoms with Gasteiger partial charge in [-0.15, -0.1) is 0 Å². The van der Waals surface area contributed by atoms with Gasteiger partial charge in [0.05, 0.1) is 0 Å². The molecule has 1 aliphatic heterocycles. The van der Waals surface area contributed by atoms with Gasteiger partial charge in [-0.05, 0) is 82.2 Å². The second-order valence-electron chi connectivity index (χ2n) is 10.3. The number of rotatable bonds is 4. The normalized spacial score (nSPS) is 27.8. The van der Waals surface area contributed by atoms with E-state index in [1.165, 1.54) is 97.1 Å². The summed E-state index contributed by atoms with van der Waals surface area (Å²) in [5.41, 5.74) is 0. The Kier molecular flexibility index (Phi) is 14.1. The van der Waals surface area contributed by atoms with Crippen LogP contribution in [-0.4, -0.2) is 41.5 Å². The lowest BCUT2D eigenvalue weighted by atomic mass is 9.80. The Morgan fingerprint density at radius 1 is 0.897 bits per heavy atom. The molecule has 2 aliphatic carbocycles. The number of piperidine rings is 1. The van der Waals surface area contributed by atoms with Crippen molar-refractivity contribution in [3.05, 3.63) is 0 Å². The third kappa shape index (κ3) is 11.5. The van der Waals surface area contributed by atoms with Gasteiger partial charge in [0.15, 0.2) is 5.78 Å². The summed E-state index contributed by atoms with van der Waals surface area (Å²) < 4.78 is 0. The lowest BCUT2D eigenvalue weighted by molar-refractivity contribution is -0.119. The number of likely N-dealkylation sites (tertiary alicyclic amines) is 1. The van der Waals surface area contributed by atoms with Crippen LogP contribution in [0.1, 0.15) is 112 Å². The van der Waals surface area contributed by atoms with Gasteiger partial charge in [-0.25, -0.2) is 0 Å². The zero-order valence-corrected chi connectivity index (χ0v) is 20.3. The molecule has 0 radical (unpaired) electrons. The van der Waals surface area contributed by atoms with Crippen LogP contribution in [0.5, 0.6) is 0 Å². The Hall–Kier alpha value is -0.410. The molecule has 172 valence electrons. The fourth-order valence-corrected chi connectivity index (χ4v) is 5.04. The number of nitrogens with zero attached hydrogens (tertiary/aromatic N) is 1. The molecule has 3 nitrogen and oxygen atoms in total. The lowest BCUT2D eigenvalue weighted by Gasteiger charge is -2.39. The molecule has 1 N–H and O–H groups in total. The summed E-state index contributed by atoms with van der Waals surface area (Å²) >= 11 is 0.